The molecule has 14 heavy (non-hydrogen) atoms. The molecule has 1 heterocycles. The second-order valence-electron chi connectivity index (χ2n) is 3.83. The lowest BCUT2D eigenvalue weighted by Gasteiger charge is -2.16. The second kappa shape index (κ2) is 3.71. The molecule has 1 N–H and O–H groups in total. The molecule has 0 atom stereocenters. The monoisotopic (exact) mass is 257 g/mol. The number of aromatic nitrogens is 2. The van der Waals surface area contributed by atoms with Crippen molar-refractivity contribution >= 4 is 15.9 Å². The smallest absolute Gasteiger partial charge is 0.176 e. The third-order valence-corrected chi connectivity index (χ3v) is 2.64. The predicted molar refractivity (Wildman–Crippen MR) is 55.6 cm³/mol. The molecule has 0 aliphatic rings. The fourth-order valence-electron chi connectivity index (χ4n) is 1.21. The van der Waals surface area contributed by atoms with Gasteiger partial charge >= 0.3 is 0 Å². The van der Waals surface area contributed by atoms with Crippen LogP contribution in [0.4, 0.5) is 0 Å². The first kappa shape index (κ1) is 11.2. The van der Waals surface area contributed by atoms with E-state index in [0.717, 1.165) is 5.69 Å². The quantitative estimate of drug-likeness (QED) is 0.871. The molecule has 76 valence electrons. The minimum Gasteiger partial charge on any atom is -0.390 e. The number of hydrogen-bond acceptors (Lipinski definition) is 3. The van der Waals surface area contributed by atoms with E-state index in [1.54, 1.807) is 25.6 Å². The van der Waals surface area contributed by atoms with E-state index in [1.807, 2.05) is 6.07 Å². The second-order valence-corrected chi connectivity index (χ2v) is 4.63. The normalized spacial score (nSPS) is 11.4. The van der Waals surface area contributed by atoms with Gasteiger partial charge in [0.2, 0.25) is 0 Å². The first-order valence-corrected chi connectivity index (χ1v) is 4.98. The van der Waals surface area contributed by atoms with Crippen LogP contribution < -0.4 is 0 Å². The van der Waals surface area contributed by atoms with E-state index in [2.05, 4.69) is 21.0 Å². The summed E-state index contributed by atoms with van der Waals surface area (Å²) in [5.41, 5.74) is 0.379. The van der Waals surface area contributed by atoms with Crippen LogP contribution in [0, 0.1) is 11.3 Å². The molecule has 0 fully saturated rings. The Labute approximate surface area is 91.3 Å². The number of nitrogens with zero attached hydrogens (tertiary/aromatic N) is 3. The molecule has 0 aliphatic carbocycles. The maximum atomic E-state index is 9.66. The van der Waals surface area contributed by atoms with Gasteiger partial charge in [0.25, 0.3) is 0 Å². The Hall–Kier alpha value is -0.860. The van der Waals surface area contributed by atoms with Crippen molar-refractivity contribution in [3.05, 3.63) is 15.9 Å². The standard InChI is InChI=1S/C9H12BrN3O/c1-9(2,14)4-7-8(10)6(5-11)12-13(7)3/h14H,4H2,1-3H3. The number of aryl methyl sites for hydroxylation is 1. The fraction of sp³-hybridized carbons (Fsp3) is 0.556. The Kier molecular flexibility index (Phi) is 2.98. The molecule has 5 heteroatoms. The summed E-state index contributed by atoms with van der Waals surface area (Å²) in [4.78, 5) is 0. The zero-order valence-electron chi connectivity index (χ0n) is 8.37. The van der Waals surface area contributed by atoms with E-state index in [-0.39, 0.29) is 0 Å². The average Bonchev–Trinajstić information content (AvgIpc) is 2.29. The van der Waals surface area contributed by atoms with Crippen molar-refractivity contribution in [3.8, 4) is 6.07 Å². The Morgan fingerprint density at radius 3 is 2.57 bits per heavy atom. The lowest BCUT2D eigenvalue weighted by atomic mass is 10.0. The van der Waals surface area contributed by atoms with Crippen molar-refractivity contribution in [1.29, 1.82) is 5.26 Å². The zero-order valence-corrected chi connectivity index (χ0v) is 9.96. The predicted octanol–water partition coefficient (Wildman–Crippen LogP) is 1.37. The van der Waals surface area contributed by atoms with Crippen molar-refractivity contribution in [3.63, 3.8) is 0 Å². The molecule has 0 unspecified atom stereocenters. The highest BCUT2D eigenvalue weighted by Gasteiger charge is 2.21. The molecule has 4 nitrogen and oxygen atoms in total. The fourth-order valence-corrected chi connectivity index (χ4v) is 1.77. The lowest BCUT2D eigenvalue weighted by molar-refractivity contribution is 0.0787. The molecule has 1 aromatic heterocycles. The zero-order chi connectivity index (χ0) is 10.9. The Bertz CT molecular complexity index is 384. The van der Waals surface area contributed by atoms with Crippen molar-refractivity contribution in [1.82, 2.24) is 9.78 Å². The SMILES string of the molecule is Cn1nc(C#N)c(Br)c1CC(C)(C)O. The summed E-state index contributed by atoms with van der Waals surface area (Å²) in [7, 11) is 1.76. The molecule has 0 spiro atoms. The molecular formula is C9H12BrN3O. The van der Waals surface area contributed by atoms with Crippen molar-refractivity contribution in [2.45, 2.75) is 25.9 Å². The molecule has 0 bridgehead atoms. The van der Waals surface area contributed by atoms with Crippen LogP contribution in [-0.2, 0) is 13.5 Å². The van der Waals surface area contributed by atoms with Gasteiger partial charge in [0, 0.05) is 13.5 Å². The van der Waals surface area contributed by atoms with Gasteiger partial charge in [0.1, 0.15) is 6.07 Å². The Balaban J connectivity index is 3.11. The van der Waals surface area contributed by atoms with Crippen LogP contribution in [0.5, 0.6) is 0 Å². The van der Waals surface area contributed by atoms with E-state index in [0.29, 0.717) is 16.6 Å². The number of nitriles is 1. The summed E-state index contributed by atoms with van der Waals surface area (Å²) in [5.74, 6) is 0. The molecule has 0 saturated carbocycles. The van der Waals surface area contributed by atoms with E-state index in [1.165, 1.54) is 0 Å². The van der Waals surface area contributed by atoms with Crippen LogP contribution in [0.25, 0.3) is 0 Å². The highest BCUT2D eigenvalue weighted by atomic mass is 79.9. The first-order valence-electron chi connectivity index (χ1n) is 4.19. The van der Waals surface area contributed by atoms with E-state index < -0.39 is 5.60 Å². The third kappa shape index (κ3) is 2.34. The van der Waals surface area contributed by atoms with Gasteiger partial charge in [-0.3, -0.25) is 4.68 Å². The van der Waals surface area contributed by atoms with E-state index in [9.17, 15) is 5.11 Å². The maximum Gasteiger partial charge on any atom is 0.176 e. The van der Waals surface area contributed by atoms with Crippen LogP contribution >= 0.6 is 15.9 Å². The number of rotatable bonds is 2. The Morgan fingerprint density at radius 2 is 2.21 bits per heavy atom. The minimum absolute atomic E-state index is 0.353. The first-order chi connectivity index (χ1) is 6.35. The van der Waals surface area contributed by atoms with Gasteiger partial charge in [-0.15, -0.1) is 0 Å². The largest absolute Gasteiger partial charge is 0.390 e. The van der Waals surface area contributed by atoms with Gasteiger partial charge in [-0.05, 0) is 29.8 Å². The number of halogens is 1. The van der Waals surface area contributed by atoms with Crippen LogP contribution in [0.2, 0.25) is 0 Å². The third-order valence-electron chi connectivity index (χ3n) is 1.81. The van der Waals surface area contributed by atoms with Crippen molar-refractivity contribution in [2.24, 2.45) is 7.05 Å². The average molecular weight is 258 g/mol. The van der Waals surface area contributed by atoms with E-state index in [4.69, 9.17) is 5.26 Å². The summed E-state index contributed by atoms with van der Waals surface area (Å²) >= 11 is 3.30. The Morgan fingerprint density at radius 1 is 1.64 bits per heavy atom. The lowest BCUT2D eigenvalue weighted by Crippen LogP contribution is -2.23. The van der Waals surface area contributed by atoms with Crippen LogP contribution in [0.15, 0.2) is 4.47 Å². The van der Waals surface area contributed by atoms with Gasteiger partial charge in [-0.1, -0.05) is 0 Å². The molecule has 0 radical (unpaired) electrons. The highest BCUT2D eigenvalue weighted by molar-refractivity contribution is 9.10. The highest BCUT2D eigenvalue weighted by Crippen LogP contribution is 2.24. The molecule has 0 aliphatic heterocycles. The summed E-state index contributed by atoms with van der Waals surface area (Å²) in [6.45, 7) is 3.44. The van der Waals surface area contributed by atoms with Gasteiger partial charge in [0.15, 0.2) is 5.69 Å². The van der Waals surface area contributed by atoms with Gasteiger partial charge in [-0.2, -0.15) is 10.4 Å². The van der Waals surface area contributed by atoms with Crippen LogP contribution in [0.1, 0.15) is 25.2 Å². The van der Waals surface area contributed by atoms with Crippen molar-refractivity contribution in [2.75, 3.05) is 0 Å². The van der Waals surface area contributed by atoms with Crippen LogP contribution in [-0.4, -0.2) is 20.5 Å². The molecule has 0 saturated heterocycles. The van der Waals surface area contributed by atoms with Gasteiger partial charge < -0.3 is 5.11 Å². The molecular weight excluding hydrogens is 246 g/mol. The summed E-state index contributed by atoms with van der Waals surface area (Å²) in [6, 6.07) is 1.98. The summed E-state index contributed by atoms with van der Waals surface area (Å²) in [5, 5.41) is 22.4. The van der Waals surface area contributed by atoms with Gasteiger partial charge in [0.05, 0.1) is 15.8 Å². The van der Waals surface area contributed by atoms with Crippen LogP contribution in [0.3, 0.4) is 0 Å². The van der Waals surface area contributed by atoms with Crippen molar-refractivity contribution < 1.29 is 5.11 Å². The molecule has 1 aromatic rings. The minimum atomic E-state index is -0.803. The topological polar surface area (TPSA) is 61.8 Å². The summed E-state index contributed by atoms with van der Waals surface area (Å²) in [6.07, 6.45) is 0.457. The molecule has 1 rings (SSSR count). The number of aliphatic hydroxyl groups is 1. The molecule has 0 amide bonds. The maximum absolute atomic E-state index is 9.66. The van der Waals surface area contributed by atoms with Gasteiger partial charge in [-0.25, -0.2) is 0 Å². The molecule has 0 aromatic carbocycles. The van der Waals surface area contributed by atoms with E-state index >= 15 is 0 Å². The summed E-state index contributed by atoms with van der Waals surface area (Å²) < 4.78 is 2.28. The number of hydrogen-bond donors (Lipinski definition) is 1.